The fourth-order valence-corrected chi connectivity index (χ4v) is 4.77. The van der Waals surface area contributed by atoms with Gasteiger partial charge in [0.15, 0.2) is 5.17 Å². The number of hydrogen-bond donors (Lipinski definition) is 2. The number of benzene rings is 3. The lowest BCUT2D eigenvalue weighted by Crippen LogP contribution is -2.33. The van der Waals surface area contributed by atoms with E-state index in [2.05, 4.69) is 10.3 Å². The fraction of sp³-hybridized carbons (Fsp3) is 0.154. The molecular weight excluding hydrogens is 502 g/mol. The van der Waals surface area contributed by atoms with Crippen molar-refractivity contribution in [2.75, 3.05) is 12.4 Å². The summed E-state index contributed by atoms with van der Waals surface area (Å²) in [6, 6.07) is 20.2. The Labute approximate surface area is 216 Å². The molecule has 2 N–H and O–H groups in total. The van der Waals surface area contributed by atoms with Crippen molar-refractivity contribution in [2.24, 2.45) is 4.99 Å². The van der Waals surface area contributed by atoms with Gasteiger partial charge in [-0.2, -0.15) is 0 Å². The molecule has 3 aromatic carbocycles. The largest absolute Gasteiger partial charge is 0.497 e. The second-order valence-electron chi connectivity index (χ2n) is 7.88. The smallest absolute Gasteiger partial charge is 0.335 e. The molecule has 1 unspecified atom stereocenters. The van der Waals surface area contributed by atoms with Crippen LogP contribution in [0.15, 0.2) is 77.8 Å². The molecule has 2 amide bonds. The Morgan fingerprint density at radius 1 is 1.06 bits per heavy atom. The molecule has 0 spiro atoms. The summed E-state index contributed by atoms with van der Waals surface area (Å²) >= 11 is 7.21. The first kappa shape index (κ1) is 25.3. The molecule has 1 aliphatic heterocycles. The first-order valence-corrected chi connectivity index (χ1v) is 12.2. The van der Waals surface area contributed by atoms with Gasteiger partial charge in [0.05, 0.1) is 24.9 Å². The Hall–Kier alpha value is -3.82. The van der Waals surface area contributed by atoms with Crippen LogP contribution >= 0.6 is 23.4 Å². The Kier molecular flexibility index (Phi) is 7.92. The minimum Gasteiger partial charge on any atom is -0.497 e. The van der Waals surface area contributed by atoms with Crippen molar-refractivity contribution in [3.05, 3.63) is 88.9 Å². The number of ether oxygens (including phenoxy) is 1. The number of hydrogen-bond acceptors (Lipinski definition) is 6. The van der Waals surface area contributed by atoms with Crippen molar-refractivity contribution in [1.29, 1.82) is 0 Å². The highest BCUT2D eigenvalue weighted by atomic mass is 35.5. The molecule has 0 saturated carbocycles. The normalized spacial score (nSPS) is 16.3. The predicted molar refractivity (Wildman–Crippen MR) is 140 cm³/mol. The number of nitrogens with one attached hydrogen (secondary N) is 1. The van der Waals surface area contributed by atoms with Gasteiger partial charge in [-0.3, -0.25) is 14.5 Å². The molecule has 1 fully saturated rings. The molecule has 1 saturated heterocycles. The van der Waals surface area contributed by atoms with E-state index < -0.39 is 11.2 Å². The third-order valence-corrected chi connectivity index (χ3v) is 6.78. The van der Waals surface area contributed by atoms with E-state index in [4.69, 9.17) is 21.4 Å². The van der Waals surface area contributed by atoms with Crippen molar-refractivity contribution in [3.8, 4) is 5.75 Å². The number of rotatable bonds is 8. The van der Waals surface area contributed by atoms with Gasteiger partial charge in [0.2, 0.25) is 11.8 Å². The summed E-state index contributed by atoms with van der Waals surface area (Å²) in [5, 5.41) is 12.1. The number of aromatic carboxylic acids is 1. The van der Waals surface area contributed by atoms with E-state index in [1.165, 1.54) is 36.0 Å². The van der Waals surface area contributed by atoms with E-state index in [-0.39, 0.29) is 30.3 Å². The fourth-order valence-electron chi connectivity index (χ4n) is 3.49. The van der Waals surface area contributed by atoms with E-state index in [0.29, 0.717) is 27.3 Å². The van der Waals surface area contributed by atoms with E-state index in [9.17, 15) is 14.4 Å². The molecule has 0 aliphatic carbocycles. The number of amides is 2. The van der Waals surface area contributed by atoms with Crippen molar-refractivity contribution < 1.29 is 24.2 Å². The van der Waals surface area contributed by atoms with Crippen LogP contribution in [-0.2, 0) is 16.1 Å². The van der Waals surface area contributed by atoms with Crippen LogP contribution in [0.25, 0.3) is 0 Å². The summed E-state index contributed by atoms with van der Waals surface area (Å²) in [7, 11) is 1.59. The van der Waals surface area contributed by atoms with Crippen LogP contribution in [-0.4, -0.2) is 45.3 Å². The predicted octanol–water partition coefficient (Wildman–Crippen LogP) is 5.21. The van der Waals surface area contributed by atoms with Gasteiger partial charge in [0.1, 0.15) is 11.0 Å². The summed E-state index contributed by atoms with van der Waals surface area (Å²) < 4.78 is 5.21. The lowest BCUT2D eigenvalue weighted by molar-refractivity contribution is -0.128. The number of methoxy groups -OCH3 is 1. The van der Waals surface area contributed by atoms with Gasteiger partial charge in [0, 0.05) is 17.1 Å². The van der Waals surface area contributed by atoms with Gasteiger partial charge < -0.3 is 15.2 Å². The number of amidine groups is 1. The molecule has 8 nitrogen and oxygen atoms in total. The van der Waals surface area contributed by atoms with E-state index in [0.717, 1.165) is 5.56 Å². The van der Waals surface area contributed by atoms with Crippen LogP contribution < -0.4 is 10.1 Å². The SMILES string of the molecule is COc1ccc(CN2C(=O)C(CC(=O)Nc3ccc(C(=O)O)cc3)SC2=Nc2ccc(Cl)cc2)cc1. The molecule has 184 valence electrons. The Bertz CT molecular complexity index is 1290. The second-order valence-corrected chi connectivity index (χ2v) is 9.49. The topological polar surface area (TPSA) is 108 Å². The maximum Gasteiger partial charge on any atom is 0.335 e. The molecule has 1 aliphatic rings. The standard InChI is InChI=1S/C26H22ClN3O5S/c1-35-21-12-2-16(3-13-21)15-30-24(32)22(36-26(30)29-20-10-6-18(27)7-11-20)14-23(31)28-19-8-4-17(5-9-19)25(33)34/h2-13,22H,14-15H2,1H3,(H,28,31)(H,33,34). The van der Waals surface area contributed by atoms with Crippen molar-refractivity contribution in [1.82, 2.24) is 4.90 Å². The summed E-state index contributed by atoms with van der Waals surface area (Å²) in [5.74, 6) is -0.923. The van der Waals surface area contributed by atoms with Crippen LogP contribution in [0.3, 0.4) is 0 Å². The van der Waals surface area contributed by atoms with Crippen molar-refractivity contribution >= 4 is 57.7 Å². The highest BCUT2D eigenvalue weighted by Gasteiger charge is 2.39. The zero-order chi connectivity index (χ0) is 25.7. The molecule has 36 heavy (non-hydrogen) atoms. The van der Waals surface area contributed by atoms with Gasteiger partial charge in [-0.25, -0.2) is 9.79 Å². The van der Waals surface area contributed by atoms with Crippen molar-refractivity contribution in [2.45, 2.75) is 18.2 Å². The first-order valence-electron chi connectivity index (χ1n) is 10.9. The highest BCUT2D eigenvalue weighted by Crippen LogP contribution is 2.33. The second kappa shape index (κ2) is 11.3. The highest BCUT2D eigenvalue weighted by molar-refractivity contribution is 8.15. The van der Waals surface area contributed by atoms with Gasteiger partial charge >= 0.3 is 5.97 Å². The molecule has 10 heteroatoms. The minimum absolute atomic E-state index is 0.0665. The van der Waals surface area contributed by atoms with Crippen LogP contribution in [0.1, 0.15) is 22.3 Å². The average molecular weight is 524 g/mol. The summed E-state index contributed by atoms with van der Waals surface area (Å²) in [6.07, 6.45) is -0.0665. The van der Waals surface area contributed by atoms with Crippen LogP contribution in [0.4, 0.5) is 11.4 Å². The average Bonchev–Trinajstić information content (AvgIpc) is 3.14. The summed E-state index contributed by atoms with van der Waals surface area (Å²) in [5.41, 5.74) is 2.09. The maximum absolute atomic E-state index is 13.3. The zero-order valence-corrected chi connectivity index (χ0v) is 20.8. The Balaban J connectivity index is 1.51. The number of halogens is 1. The minimum atomic E-state index is -1.05. The summed E-state index contributed by atoms with van der Waals surface area (Å²) in [4.78, 5) is 43.2. The van der Waals surface area contributed by atoms with E-state index in [1.807, 2.05) is 24.3 Å². The third-order valence-electron chi connectivity index (χ3n) is 5.36. The number of carboxylic acid groups (broad SMARTS) is 1. The lowest BCUT2D eigenvalue weighted by Gasteiger charge is -2.17. The van der Waals surface area contributed by atoms with Gasteiger partial charge in [0.25, 0.3) is 0 Å². The summed E-state index contributed by atoms with van der Waals surface area (Å²) in [6.45, 7) is 0.289. The van der Waals surface area contributed by atoms with E-state index >= 15 is 0 Å². The van der Waals surface area contributed by atoms with Crippen LogP contribution in [0.2, 0.25) is 5.02 Å². The number of carboxylic acids is 1. The molecule has 4 rings (SSSR count). The number of aliphatic imine (C=N–C) groups is 1. The number of carbonyl (C=O) groups is 3. The quantitative estimate of drug-likeness (QED) is 0.420. The number of thioether (sulfide) groups is 1. The Morgan fingerprint density at radius 2 is 1.72 bits per heavy atom. The molecular formula is C26H22ClN3O5S. The zero-order valence-electron chi connectivity index (χ0n) is 19.2. The van der Waals surface area contributed by atoms with Crippen LogP contribution in [0, 0.1) is 0 Å². The molecule has 0 aromatic heterocycles. The van der Waals surface area contributed by atoms with E-state index in [1.54, 1.807) is 36.3 Å². The molecule has 0 bridgehead atoms. The number of carbonyl (C=O) groups excluding carboxylic acids is 2. The molecule has 0 radical (unpaired) electrons. The van der Waals surface area contributed by atoms with Crippen LogP contribution in [0.5, 0.6) is 5.75 Å². The van der Waals surface area contributed by atoms with Gasteiger partial charge in [-0.15, -0.1) is 0 Å². The van der Waals surface area contributed by atoms with Crippen molar-refractivity contribution in [3.63, 3.8) is 0 Å². The maximum atomic E-state index is 13.3. The third kappa shape index (κ3) is 6.24. The first-order chi connectivity index (χ1) is 17.3. The number of nitrogens with zero attached hydrogens (tertiary/aromatic N) is 2. The van der Waals surface area contributed by atoms with Gasteiger partial charge in [-0.05, 0) is 66.2 Å². The molecule has 1 atom stereocenters. The lowest BCUT2D eigenvalue weighted by atomic mass is 10.2. The van der Waals surface area contributed by atoms with Gasteiger partial charge in [-0.1, -0.05) is 35.5 Å². The number of anilines is 1. The Morgan fingerprint density at radius 3 is 2.33 bits per heavy atom. The monoisotopic (exact) mass is 523 g/mol. The molecule has 1 heterocycles. The molecule has 3 aromatic rings.